The van der Waals surface area contributed by atoms with Gasteiger partial charge in [-0.2, -0.15) is 0 Å². The summed E-state index contributed by atoms with van der Waals surface area (Å²) in [6.45, 7) is 0.536. The number of carbonyl (C=O) groups is 1. The van der Waals surface area contributed by atoms with Gasteiger partial charge in [-0.1, -0.05) is 6.07 Å². The van der Waals surface area contributed by atoms with Crippen LogP contribution in [0.1, 0.15) is 28.8 Å². The Hall–Kier alpha value is -2.76. The molecular formula is C19H23N3O3. The minimum absolute atomic E-state index is 0.118. The van der Waals surface area contributed by atoms with Crippen molar-refractivity contribution in [2.75, 3.05) is 26.1 Å². The summed E-state index contributed by atoms with van der Waals surface area (Å²) in [6, 6.07) is 8.14. The molecule has 0 radical (unpaired) electrons. The number of rotatable bonds is 8. The second-order valence-corrected chi connectivity index (χ2v) is 6.08. The van der Waals surface area contributed by atoms with Crippen molar-refractivity contribution >= 4 is 11.6 Å². The third kappa shape index (κ3) is 4.62. The van der Waals surface area contributed by atoms with E-state index in [-0.39, 0.29) is 5.91 Å². The lowest BCUT2D eigenvalue weighted by molar-refractivity contribution is 0.0954. The summed E-state index contributed by atoms with van der Waals surface area (Å²) in [7, 11) is 3.22. The van der Waals surface area contributed by atoms with Gasteiger partial charge >= 0.3 is 0 Å². The van der Waals surface area contributed by atoms with Crippen LogP contribution in [0, 0.1) is 0 Å². The van der Waals surface area contributed by atoms with Crippen LogP contribution >= 0.6 is 0 Å². The molecule has 1 amide bonds. The van der Waals surface area contributed by atoms with E-state index in [1.807, 2.05) is 24.3 Å². The Bertz CT molecular complexity index is 744. The van der Waals surface area contributed by atoms with E-state index >= 15 is 0 Å². The highest BCUT2D eigenvalue weighted by Crippen LogP contribution is 2.27. The molecule has 0 atom stereocenters. The monoisotopic (exact) mass is 341 g/mol. The van der Waals surface area contributed by atoms with Gasteiger partial charge in [0.25, 0.3) is 5.91 Å². The molecule has 1 aliphatic rings. The number of hydrogen-bond donors (Lipinski definition) is 2. The highest BCUT2D eigenvalue weighted by Gasteiger charge is 2.21. The molecule has 2 N–H and O–H groups in total. The summed E-state index contributed by atoms with van der Waals surface area (Å²) in [4.78, 5) is 16.4. The number of hydrogen-bond acceptors (Lipinski definition) is 5. The van der Waals surface area contributed by atoms with Crippen LogP contribution in [0.2, 0.25) is 0 Å². The molecule has 1 fully saturated rings. The molecule has 0 unspecified atom stereocenters. The van der Waals surface area contributed by atoms with Gasteiger partial charge in [-0.3, -0.25) is 9.78 Å². The van der Waals surface area contributed by atoms with Crippen molar-refractivity contribution in [3.63, 3.8) is 0 Å². The van der Waals surface area contributed by atoms with E-state index in [0.29, 0.717) is 36.1 Å². The summed E-state index contributed by atoms with van der Waals surface area (Å²) >= 11 is 0. The number of pyridine rings is 1. The number of ether oxygens (including phenoxy) is 2. The maximum atomic E-state index is 12.3. The van der Waals surface area contributed by atoms with Crippen LogP contribution in [0.25, 0.3) is 0 Å². The first-order valence-electron chi connectivity index (χ1n) is 8.40. The van der Waals surface area contributed by atoms with Gasteiger partial charge in [0.1, 0.15) is 0 Å². The average molecular weight is 341 g/mol. The van der Waals surface area contributed by atoms with Gasteiger partial charge in [-0.15, -0.1) is 0 Å². The summed E-state index contributed by atoms with van der Waals surface area (Å²) in [6.07, 6.45) is 6.41. The molecule has 1 aliphatic carbocycles. The van der Waals surface area contributed by atoms with E-state index in [9.17, 15) is 4.79 Å². The van der Waals surface area contributed by atoms with Crippen molar-refractivity contribution in [2.45, 2.75) is 25.3 Å². The summed E-state index contributed by atoms with van der Waals surface area (Å²) < 4.78 is 10.5. The summed E-state index contributed by atoms with van der Waals surface area (Å²) in [5.74, 6) is 1.27. The van der Waals surface area contributed by atoms with Gasteiger partial charge in [0.2, 0.25) is 0 Å². The first-order valence-corrected chi connectivity index (χ1v) is 8.40. The molecule has 0 aliphatic heterocycles. The van der Waals surface area contributed by atoms with E-state index in [4.69, 9.17) is 9.47 Å². The van der Waals surface area contributed by atoms with Crippen LogP contribution in [0.5, 0.6) is 11.5 Å². The Labute approximate surface area is 147 Å². The Kier molecular flexibility index (Phi) is 5.38. The van der Waals surface area contributed by atoms with Gasteiger partial charge in [0, 0.05) is 25.0 Å². The highest BCUT2D eigenvalue weighted by atomic mass is 16.5. The zero-order valence-corrected chi connectivity index (χ0v) is 14.5. The van der Waals surface area contributed by atoms with E-state index < -0.39 is 0 Å². The van der Waals surface area contributed by atoms with E-state index in [1.54, 1.807) is 26.6 Å². The molecule has 6 heteroatoms. The van der Waals surface area contributed by atoms with Crippen LogP contribution in [-0.4, -0.2) is 37.7 Å². The molecule has 0 bridgehead atoms. The Morgan fingerprint density at radius 2 is 1.96 bits per heavy atom. The van der Waals surface area contributed by atoms with Crippen LogP contribution in [0.4, 0.5) is 5.69 Å². The number of nitrogens with one attached hydrogen (secondary N) is 2. The normalized spacial score (nSPS) is 13.2. The molecule has 1 aromatic carbocycles. The van der Waals surface area contributed by atoms with Crippen molar-refractivity contribution in [1.82, 2.24) is 10.3 Å². The fourth-order valence-corrected chi connectivity index (χ4v) is 2.56. The molecule has 1 saturated carbocycles. The van der Waals surface area contributed by atoms with Gasteiger partial charge in [-0.25, -0.2) is 0 Å². The van der Waals surface area contributed by atoms with E-state index in [1.165, 1.54) is 12.8 Å². The fourth-order valence-electron chi connectivity index (χ4n) is 2.56. The summed E-state index contributed by atoms with van der Waals surface area (Å²) in [5.41, 5.74) is 2.54. The molecule has 1 heterocycles. The molecule has 3 rings (SSSR count). The SMILES string of the molecule is COc1ccc(CCNC(=O)c2cncc(NC3CC3)c2)cc1OC. The molecule has 2 aromatic rings. The fraction of sp³-hybridized carbons (Fsp3) is 0.368. The zero-order valence-electron chi connectivity index (χ0n) is 14.5. The highest BCUT2D eigenvalue weighted by molar-refractivity contribution is 5.94. The number of methoxy groups -OCH3 is 2. The van der Waals surface area contributed by atoms with E-state index in [2.05, 4.69) is 15.6 Å². The minimum Gasteiger partial charge on any atom is -0.493 e. The molecule has 1 aromatic heterocycles. The van der Waals surface area contributed by atoms with Crippen LogP contribution < -0.4 is 20.1 Å². The van der Waals surface area contributed by atoms with Crippen molar-refractivity contribution < 1.29 is 14.3 Å². The number of carbonyl (C=O) groups excluding carboxylic acids is 1. The first kappa shape index (κ1) is 17.1. The average Bonchev–Trinajstić information content (AvgIpc) is 3.45. The second-order valence-electron chi connectivity index (χ2n) is 6.08. The molecule has 25 heavy (non-hydrogen) atoms. The number of nitrogens with zero attached hydrogens (tertiary/aromatic N) is 1. The molecule has 6 nitrogen and oxygen atoms in total. The van der Waals surface area contributed by atoms with Gasteiger partial charge < -0.3 is 20.1 Å². The van der Waals surface area contributed by atoms with Crippen molar-refractivity contribution in [3.8, 4) is 11.5 Å². The molecule has 0 saturated heterocycles. The smallest absolute Gasteiger partial charge is 0.252 e. The van der Waals surface area contributed by atoms with Crippen molar-refractivity contribution in [2.24, 2.45) is 0 Å². The van der Waals surface area contributed by atoms with Gasteiger partial charge in [-0.05, 0) is 43.0 Å². The van der Waals surface area contributed by atoms with Crippen LogP contribution in [0.15, 0.2) is 36.7 Å². The predicted octanol–water partition coefficient (Wildman–Crippen LogP) is 2.65. The van der Waals surface area contributed by atoms with Crippen molar-refractivity contribution in [3.05, 3.63) is 47.8 Å². The standard InChI is InChI=1S/C19H23N3O3/c1-24-17-6-3-13(9-18(17)25-2)7-8-21-19(23)14-10-16(12-20-11-14)22-15-4-5-15/h3,6,9-12,15,22H,4-5,7-8H2,1-2H3,(H,21,23). The minimum atomic E-state index is -0.118. The molecule has 0 spiro atoms. The summed E-state index contributed by atoms with van der Waals surface area (Å²) in [5, 5.41) is 6.28. The Morgan fingerprint density at radius 1 is 1.16 bits per heavy atom. The van der Waals surface area contributed by atoms with E-state index in [0.717, 1.165) is 11.3 Å². The van der Waals surface area contributed by atoms with Crippen LogP contribution in [-0.2, 0) is 6.42 Å². The Balaban J connectivity index is 1.54. The number of benzene rings is 1. The topological polar surface area (TPSA) is 72.5 Å². The van der Waals surface area contributed by atoms with Crippen molar-refractivity contribution in [1.29, 1.82) is 0 Å². The van der Waals surface area contributed by atoms with Crippen LogP contribution in [0.3, 0.4) is 0 Å². The lowest BCUT2D eigenvalue weighted by Gasteiger charge is -2.10. The quantitative estimate of drug-likeness (QED) is 0.772. The predicted molar refractivity (Wildman–Crippen MR) is 96.5 cm³/mol. The lowest BCUT2D eigenvalue weighted by atomic mass is 10.1. The second kappa shape index (κ2) is 7.88. The first-order chi connectivity index (χ1) is 12.2. The van der Waals surface area contributed by atoms with Gasteiger partial charge in [0.05, 0.1) is 25.5 Å². The number of amides is 1. The largest absolute Gasteiger partial charge is 0.493 e. The third-order valence-electron chi connectivity index (χ3n) is 4.10. The maximum absolute atomic E-state index is 12.3. The lowest BCUT2D eigenvalue weighted by Crippen LogP contribution is -2.26. The van der Waals surface area contributed by atoms with Gasteiger partial charge in [0.15, 0.2) is 11.5 Å². The molecular weight excluding hydrogens is 318 g/mol. The number of aromatic nitrogens is 1. The zero-order chi connectivity index (χ0) is 17.6. The molecule has 132 valence electrons. The third-order valence-corrected chi connectivity index (χ3v) is 4.10. The number of anilines is 1. The maximum Gasteiger partial charge on any atom is 0.252 e. The Morgan fingerprint density at radius 3 is 2.68 bits per heavy atom.